The van der Waals surface area contributed by atoms with Gasteiger partial charge in [0.1, 0.15) is 5.82 Å². The minimum atomic E-state index is 0.150. The molecule has 1 aliphatic carbocycles. The molecule has 132 valence electrons. The summed E-state index contributed by atoms with van der Waals surface area (Å²) >= 11 is 2.05. The maximum absolute atomic E-state index is 12.6. The van der Waals surface area contributed by atoms with E-state index in [2.05, 4.69) is 27.1 Å². The summed E-state index contributed by atoms with van der Waals surface area (Å²) in [4.78, 5) is 23.3. The van der Waals surface area contributed by atoms with E-state index in [-0.39, 0.29) is 11.8 Å². The van der Waals surface area contributed by atoms with Crippen LogP contribution in [-0.2, 0) is 4.79 Å². The van der Waals surface area contributed by atoms with Gasteiger partial charge in [-0.15, -0.1) is 0 Å². The van der Waals surface area contributed by atoms with Crippen LogP contribution in [0.5, 0.6) is 0 Å². The highest BCUT2D eigenvalue weighted by Crippen LogP contribution is 2.29. The van der Waals surface area contributed by atoms with E-state index >= 15 is 0 Å². The molecule has 2 heterocycles. The lowest BCUT2D eigenvalue weighted by molar-refractivity contribution is -0.126. The van der Waals surface area contributed by atoms with E-state index in [0.29, 0.717) is 6.04 Å². The number of anilines is 1. The molecule has 1 saturated carbocycles. The zero-order valence-electron chi connectivity index (χ0n) is 14.5. The van der Waals surface area contributed by atoms with Crippen molar-refractivity contribution in [1.29, 1.82) is 0 Å². The highest BCUT2D eigenvalue weighted by Gasteiger charge is 2.29. The highest BCUT2D eigenvalue weighted by molar-refractivity contribution is 7.99. The molecule has 3 rings (SSSR count). The number of hydrogen-bond donors (Lipinski definition) is 1. The lowest BCUT2D eigenvalue weighted by Crippen LogP contribution is -2.45. The Balaban J connectivity index is 1.45. The van der Waals surface area contributed by atoms with Gasteiger partial charge in [-0.05, 0) is 37.9 Å². The summed E-state index contributed by atoms with van der Waals surface area (Å²) in [6.07, 6.45) is 11.9. The van der Waals surface area contributed by atoms with Crippen LogP contribution in [0.3, 0.4) is 0 Å². The molecule has 2 atom stereocenters. The van der Waals surface area contributed by atoms with Crippen molar-refractivity contribution in [2.24, 2.45) is 5.92 Å². The molecule has 1 aromatic rings. The standard InChI is InChI=1S/C18H28N4OS/c1-2-24-16-5-3-4-15(12-16)21-18(23)14-6-10-22(11-7-14)17-13-19-8-9-20-17/h8-9,13-16H,2-7,10-12H2,1H3,(H,21,23)/t15-,16+/m0/s1. The molecule has 0 radical (unpaired) electrons. The van der Waals surface area contributed by atoms with E-state index in [1.54, 1.807) is 18.6 Å². The number of hydrogen-bond acceptors (Lipinski definition) is 5. The van der Waals surface area contributed by atoms with E-state index in [0.717, 1.165) is 49.8 Å². The maximum atomic E-state index is 12.6. The summed E-state index contributed by atoms with van der Waals surface area (Å²) in [7, 11) is 0. The van der Waals surface area contributed by atoms with Crippen LogP contribution in [0.25, 0.3) is 0 Å². The van der Waals surface area contributed by atoms with E-state index in [1.165, 1.54) is 18.6 Å². The minimum absolute atomic E-state index is 0.150. The smallest absolute Gasteiger partial charge is 0.223 e. The van der Waals surface area contributed by atoms with Gasteiger partial charge in [-0.2, -0.15) is 11.8 Å². The first-order chi connectivity index (χ1) is 11.8. The molecule has 1 aliphatic heterocycles. The number of nitrogens with one attached hydrogen (secondary N) is 1. The fourth-order valence-corrected chi connectivity index (χ4v) is 4.98. The van der Waals surface area contributed by atoms with Crippen LogP contribution in [0, 0.1) is 5.92 Å². The van der Waals surface area contributed by atoms with E-state index in [9.17, 15) is 4.79 Å². The number of carbonyl (C=O) groups is 1. The Labute approximate surface area is 149 Å². The van der Waals surface area contributed by atoms with Crippen LogP contribution in [0.2, 0.25) is 0 Å². The Bertz CT molecular complexity index is 517. The van der Waals surface area contributed by atoms with Crippen LogP contribution in [-0.4, -0.2) is 46.0 Å². The average Bonchev–Trinajstić information content (AvgIpc) is 2.63. The topological polar surface area (TPSA) is 58.1 Å². The zero-order chi connectivity index (χ0) is 16.8. The molecule has 5 nitrogen and oxygen atoms in total. The van der Waals surface area contributed by atoms with Crippen molar-refractivity contribution in [3.63, 3.8) is 0 Å². The van der Waals surface area contributed by atoms with Crippen LogP contribution < -0.4 is 10.2 Å². The van der Waals surface area contributed by atoms with Gasteiger partial charge in [-0.3, -0.25) is 9.78 Å². The van der Waals surface area contributed by atoms with Crippen molar-refractivity contribution < 1.29 is 4.79 Å². The lowest BCUT2D eigenvalue weighted by atomic mass is 9.92. The summed E-state index contributed by atoms with van der Waals surface area (Å²) < 4.78 is 0. The summed E-state index contributed by atoms with van der Waals surface area (Å²) in [5.74, 6) is 2.51. The zero-order valence-corrected chi connectivity index (χ0v) is 15.3. The quantitative estimate of drug-likeness (QED) is 0.887. The van der Waals surface area contributed by atoms with E-state index in [4.69, 9.17) is 0 Å². The molecular formula is C18H28N4OS. The molecule has 2 aliphatic rings. The van der Waals surface area contributed by atoms with Gasteiger partial charge in [0.2, 0.25) is 5.91 Å². The number of thioether (sulfide) groups is 1. The van der Waals surface area contributed by atoms with Gasteiger partial charge in [-0.25, -0.2) is 4.98 Å². The predicted octanol–water partition coefficient (Wildman–Crippen LogP) is 2.87. The normalized spacial score (nSPS) is 25.5. The van der Waals surface area contributed by atoms with Gasteiger partial charge in [0, 0.05) is 42.7 Å². The Hall–Kier alpha value is -1.30. The maximum Gasteiger partial charge on any atom is 0.223 e. The number of rotatable bonds is 5. The van der Waals surface area contributed by atoms with Crippen molar-refractivity contribution >= 4 is 23.5 Å². The Morgan fingerprint density at radius 3 is 2.83 bits per heavy atom. The second kappa shape index (κ2) is 8.70. The first kappa shape index (κ1) is 17.5. The summed E-state index contributed by atoms with van der Waals surface area (Å²) in [6, 6.07) is 0.383. The van der Waals surface area contributed by atoms with E-state index in [1.807, 2.05) is 11.8 Å². The van der Waals surface area contributed by atoms with Crippen LogP contribution in [0.4, 0.5) is 5.82 Å². The average molecular weight is 349 g/mol. The molecule has 0 unspecified atom stereocenters. The third-order valence-electron chi connectivity index (χ3n) is 5.11. The molecule has 1 saturated heterocycles. The predicted molar refractivity (Wildman–Crippen MR) is 99.3 cm³/mol. The highest BCUT2D eigenvalue weighted by atomic mass is 32.2. The SMILES string of the molecule is CCS[C@@H]1CCC[C@H](NC(=O)C2CCN(c3cnccn3)CC2)C1. The van der Waals surface area contributed by atoms with Gasteiger partial charge in [0.15, 0.2) is 0 Å². The Morgan fingerprint density at radius 1 is 1.29 bits per heavy atom. The van der Waals surface area contributed by atoms with Crippen LogP contribution in [0.15, 0.2) is 18.6 Å². The van der Waals surface area contributed by atoms with E-state index < -0.39 is 0 Å². The molecular weight excluding hydrogens is 320 g/mol. The second-order valence-electron chi connectivity index (χ2n) is 6.77. The van der Waals surface area contributed by atoms with Gasteiger partial charge in [0.05, 0.1) is 6.20 Å². The third kappa shape index (κ3) is 4.62. The largest absolute Gasteiger partial charge is 0.355 e. The molecule has 0 aromatic carbocycles. The number of aromatic nitrogens is 2. The Kier molecular flexibility index (Phi) is 6.35. The molecule has 1 aromatic heterocycles. The number of nitrogens with zero attached hydrogens (tertiary/aromatic N) is 3. The number of piperidine rings is 1. The summed E-state index contributed by atoms with van der Waals surface area (Å²) in [5.41, 5.74) is 0. The molecule has 0 spiro atoms. The summed E-state index contributed by atoms with van der Waals surface area (Å²) in [5, 5.41) is 4.06. The van der Waals surface area contributed by atoms with Crippen molar-refractivity contribution in [3.8, 4) is 0 Å². The Morgan fingerprint density at radius 2 is 2.12 bits per heavy atom. The first-order valence-corrected chi connectivity index (χ1v) is 10.2. The number of carbonyl (C=O) groups excluding carboxylic acids is 1. The van der Waals surface area contributed by atoms with Gasteiger partial charge in [0.25, 0.3) is 0 Å². The summed E-state index contributed by atoms with van der Waals surface area (Å²) in [6.45, 7) is 3.99. The molecule has 0 bridgehead atoms. The van der Waals surface area contributed by atoms with Crippen LogP contribution in [0.1, 0.15) is 45.4 Å². The van der Waals surface area contributed by atoms with Crippen molar-refractivity contribution in [2.45, 2.75) is 56.7 Å². The molecule has 1 N–H and O–H groups in total. The van der Waals surface area contributed by atoms with Crippen molar-refractivity contribution in [1.82, 2.24) is 15.3 Å². The van der Waals surface area contributed by atoms with Crippen molar-refractivity contribution in [3.05, 3.63) is 18.6 Å². The van der Waals surface area contributed by atoms with Gasteiger partial charge in [-0.1, -0.05) is 13.3 Å². The van der Waals surface area contributed by atoms with Gasteiger partial charge >= 0.3 is 0 Å². The monoisotopic (exact) mass is 348 g/mol. The number of amides is 1. The second-order valence-corrected chi connectivity index (χ2v) is 8.35. The lowest BCUT2D eigenvalue weighted by Gasteiger charge is -2.34. The fourth-order valence-electron chi connectivity index (χ4n) is 3.81. The van der Waals surface area contributed by atoms with Crippen molar-refractivity contribution in [2.75, 3.05) is 23.7 Å². The third-order valence-corrected chi connectivity index (χ3v) is 6.35. The van der Waals surface area contributed by atoms with Crippen LogP contribution >= 0.6 is 11.8 Å². The van der Waals surface area contributed by atoms with Gasteiger partial charge < -0.3 is 10.2 Å². The molecule has 1 amide bonds. The molecule has 2 fully saturated rings. The fraction of sp³-hybridized carbons (Fsp3) is 0.722. The molecule has 6 heteroatoms. The first-order valence-electron chi connectivity index (χ1n) is 9.19. The minimum Gasteiger partial charge on any atom is -0.355 e. The molecule has 24 heavy (non-hydrogen) atoms.